The van der Waals surface area contributed by atoms with Crippen LogP contribution in [0.4, 0.5) is 10.1 Å². The summed E-state index contributed by atoms with van der Waals surface area (Å²) in [5.41, 5.74) is 3.80. The van der Waals surface area contributed by atoms with E-state index in [0.717, 1.165) is 22.5 Å². The molecule has 0 radical (unpaired) electrons. The number of hydrazone groups is 1. The van der Waals surface area contributed by atoms with Gasteiger partial charge in [0.1, 0.15) is 5.82 Å². The Hall–Kier alpha value is -2.57. The van der Waals surface area contributed by atoms with Gasteiger partial charge in [-0.1, -0.05) is 30.3 Å². The molecule has 0 amide bonds. The van der Waals surface area contributed by atoms with Gasteiger partial charge in [-0.05, 0) is 58.9 Å². The van der Waals surface area contributed by atoms with Crippen molar-refractivity contribution in [3.63, 3.8) is 0 Å². The van der Waals surface area contributed by atoms with Crippen molar-refractivity contribution in [1.82, 2.24) is 5.01 Å². The zero-order valence-electron chi connectivity index (χ0n) is 13.8. The fourth-order valence-corrected chi connectivity index (χ4v) is 3.93. The quantitative estimate of drug-likeness (QED) is 0.613. The van der Waals surface area contributed by atoms with Crippen molar-refractivity contribution in [1.29, 1.82) is 0 Å². The lowest BCUT2D eigenvalue weighted by Gasteiger charge is -2.25. The fourth-order valence-electron chi connectivity index (χ4n) is 2.98. The molecule has 1 atom stereocenters. The first-order valence-corrected chi connectivity index (χ1v) is 9.56. The summed E-state index contributed by atoms with van der Waals surface area (Å²) < 4.78 is 13.8. The van der Waals surface area contributed by atoms with Crippen molar-refractivity contribution in [2.75, 3.05) is 5.32 Å². The lowest BCUT2D eigenvalue weighted by Crippen LogP contribution is -2.31. The molecule has 3 aromatic rings. The van der Waals surface area contributed by atoms with Gasteiger partial charge in [-0.15, -0.1) is 0 Å². The second kappa shape index (κ2) is 7.35. The minimum atomic E-state index is -0.256. The Morgan fingerprint density at radius 2 is 2.00 bits per heavy atom. The minimum Gasteiger partial charge on any atom is -0.331 e. The summed E-state index contributed by atoms with van der Waals surface area (Å²) in [6.07, 6.45) is 0.677. The number of halogens is 1. The van der Waals surface area contributed by atoms with Crippen molar-refractivity contribution in [2.45, 2.75) is 12.5 Å². The maximum Gasteiger partial charge on any atom is 0.194 e. The molecule has 6 heteroatoms. The zero-order chi connectivity index (χ0) is 17.9. The molecular weight excluding hydrogens is 365 g/mol. The number of benzene rings is 2. The molecule has 4 rings (SSSR count). The van der Waals surface area contributed by atoms with Crippen molar-refractivity contribution in [2.24, 2.45) is 5.10 Å². The third kappa shape index (κ3) is 3.52. The number of nitrogens with one attached hydrogen (secondary N) is 1. The van der Waals surface area contributed by atoms with Gasteiger partial charge < -0.3 is 5.32 Å². The number of nitrogens with zero attached hydrogens (tertiary/aromatic N) is 2. The van der Waals surface area contributed by atoms with E-state index in [0.29, 0.717) is 11.5 Å². The molecule has 1 aliphatic rings. The summed E-state index contributed by atoms with van der Waals surface area (Å²) in [7, 11) is 0. The predicted octanol–water partition coefficient (Wildman–Crippen LogP) is 5.44. The molecule has 2 heterocycles. The Balaban J connectivity index is 1.65. The highest BCUT2D eigenvalue weighted by molar-refractivity contribution is 7.80. The monoisotopic (exact) mass is 381 g/mol. The average molecular weight is 382 g/mol. The molecule has 130 valence electrons. The van der Waals surface area contributed by atoms with Gasteiger partial charge in [0.15, 0.2) is 5.11 Å². The first-order valence-electron chi connectivity index (χ1n) is 8.21. The van der Waals surface area contributed by atoms with Crippen LogP contribution in [0.3, 0.4) is 0 Å². The smallest absolute Gasteiger partial charge is 0.194 e. The lowest BCUT2D eigenvalue weighted by molar-refractivity contribution is 0.374. The Morgan fingerprint density at radius 3 is 2.73 bits per heavy atom. The van der Waals surface area contributed by atoms with Crippen LogP contribution >= 0.6 is 23.6 Å². The van der Waals surface area contributed by atoms with Crippen LogP contribution in [0, 0.1) is 5.82 Å². The molecule has 1 aromatic heterocycles. The molecule has 1 N–H and O–H groups in total. The molecule has 1 unspecified atom stereocenters. The maximum absolute atomic E-state index is 13.8. The standard InChI is InChI=1S/C20H16FN3S2/c21-16-6-4-5-14(11-16)19-12-18(15-9-10-26-13-15)23-24(19)20(25)22-17-7-2-1-3-8-17/h1-11,13,19H,12H2,(H,22,25). The van der Waals surface area contributed by atoms with Crippen LogP contribution in [0.15, 0.2) is 76.5 Å². The number of hydrogen-bond donors (Lipinski definition) is 1. The molecule has 0 spiro atoms. The number of anilines is 1. The predicted molar refractivity (Wildman–Crippen MR) is 109 cm³/mol. The van der Waals surface area contributed by atoms with Crippen LogP contribution in [-0.4, -0.2) is 15.8 Å². The van der Waals surface area contributed by atoms with Crippen molar-refractivity contribution in [3.8, 4) is 0 Å². The van der Waals surface area contributed by atoms with E-state index in [1.54, 1.807) is 28.5 Å². The summed E-state index contributed by atoms with van der Waals surface area (Å²) >= 11 is 7.23. The summed E-state index contributed by atoms with van der Waals surface area (Å²) in [5.74, 6) is -0.256. The SMILES string of the molecule is Fc1cccc(C2CC(c3ccsc3)=NN2C(=S)Nc2ccccc2)c1. The normalized spacial score (nSPS) is 16.4. The highest BCUT2D eigenvalue weighted by atomic mass is 32.1. The van der Waals surface area contributed by atoms with Crippen molar-refractivity contribution >= 4 is 40.1 Å². The van der Waals surface area contributed by atoms with E-state index in [1.165, 1.54) is 6.07 Å². The van der Waals surface area contributed by atoms with E-state index < -0.39 is 0 Å². The molecule has 0 bridgehead atoms. The Labute approximate surface area is 160 Å². The van der Waals surface area contributed by atoms with Gasteiger partial charge in [-0.25, -0.2) is 9.40 Å². The molecule has 3 nitrogen and oxygen atoms in total. The van der Waals surface area contributed by atoms with Gasteiger partial charge in [0, 0.05) is 17.7 Å². The van der Waals surface area contributed by atoms with Crippen molar-refractivity contribution < 1.29 is 4.39 Å². The van der Waals surface area contributed by atoms with Crippen LogP contribution in [0.5, 0.6) is 0 Å². The number of rotatable bonds is 3. The van der Waals surface area contributed by atoms with E-state index >= 15 is 0 Å². The number of thiocarbonyl (C=S) groups is 1. The summed E-state index contributed by atoms with van der Waals surface area (Å²) in [6.45, 7) is 0. The molecule has 1 aliphatic heterocycles. The van der Waals surface area contributed by atoms with Gasteiger partial charge in [0.05, 0.1) is 11.8 Å². The van der Waals surface area contributed by atoms with Gasteiger partial charge in [-0.3, -0.25) is 0 Å². The molecule has 0 saturated carbocycles. The molecule has 0 aliphatic carbocycles. The van der Waals surface area contributed by atoms with E-state index in [4.69, 9.17) is 17.3 Å². The van der Waals surface area contributed by atoms with E-state index in [1.807, 2.05) is 47.8 Å². The van der Waals surface area contributed by atoms with E-state index in [9.17, 15) is 4.39 Å². The first kappa shape index (κ1) is 16.9. The molecular formula is C20H16FN3S2. The van der Waals surface area contributed by atoms with Gasteiger partial charge in [0.2, 0.25) is 0 Å². The van der Waals surface area contributed by atoms with Crippen LogP contribution in [0.1, 0.15) is 23.6 Å². The molecule has 2 aromatic carbocycles. The Morgan fingerprint density at radius 1 is 1.15 bits per heavy atom. The molecule has 26 heavy (non-hydrogen) atoms. The third-order valence-electron chi connectivity index (χ3n) is 4.23. The zero-order valence-corrected chi connectivity index (χ0v) is 15.4. The highest BCUT2D eigenvalue weighted by Gasteiger charge is 2.31. The summed E-state index contributed by atoms with van der Waals surface area (Å²) in [6, 6.07) is 18.3. The number of thiophene rings is 1. The second-order valence-corrected chi connectivity index (χ2v) is 7.14. The topological polar surface area (TPSA) is 27.6 Å². The van der Waals surface area contributed by atoms with Crippen molar-refractivity contribution in [3.05, 3.63) is 88.4 Å². The number of para-hydroxylation sites is 1. The van der Waals surface area contributed by atoms with Gasteiger partial charge >= 0.3 is 0 Å². The fraction of sp³-hybridized carbons (Fsp3) is 0.100. The Kier molecular flexibility index (Phi) is 4.77. The highest BCUT2D eigenvalue weighted by Crippen LogP contribution is 2.34. The van der Waals surface area contributed by atoms with Crippen LogP contribution in [0.25, 0.3) is 0 Å². The van der Waals surface area contributed by atoms with Crippen LogP contribution < -0.4 is 5.32 Å². The van der Waals surface area contributed by atoms with Crippen LogP contribution in [-0.2, 0) is 0 Å². The lowest BCUT2D eigenvalue weighted by atomic mass is 10.00. The summed E-state index contributed by atoms with van der Waals surface area (Å²) in [5, 5.41) is 14.3. The number of hydrogen-bond acceptors (Lipinski definition) is 3. The minimum absolute atomic E-state index is 0.135. The maximum atomic E-state index is 13.8. The molecule has 0 fully saturated rings. The molecule has 0 saturated heterocycles. The second-order valence-electron chi connectivity index (χ2n) is 5.97. The van der Waals surface area contributed by atoms with E-state index in [2.05, 4.69) is 10.7 Å². The Bertz CT molecular complexity index is 939. The largest absolute Gasteiger partial charge is 0.331 e. The first-order chi connectivity index (χ1) is 12.7. The average Bonchev–Trinajstić information content (AvgIpc) is 3.32. The van der Waals surface area contributed by atoms with E-state index in [-0.39, 0.29) is 11.9 Å². The third-order valence-corrected chi connectivity index (χ3v) is 5.20. The van der Waals surface area contributed by atoms with Crippen LogP contribution in [0.2, 0.25) is 0 Å². The van der Waals surface area contributed by atoms with Gasteiger partial charge in [0.25, 0.3) is 0 Å². The summed E-state index contributed by atoms with van der Waals surface area (Å²) in [4.78, 5) is 0. The van der Waals surface area contributed by atoms with Gasteiger partial charge in [-0.2, -0.15) is 16.4 Å².